The van der Waals surface area contributed by atoms with Gasteiger partial charge in [0.2, 0.25) is 0 Å². The quantitative estimate of drug-likeness (QED) is 0.745. The summed E-state index contributed by atoms with van der Waals surface area (Å²) in [6.07, 6.45) is 1.30. The Bertz CT molecular complexity index is 910. The zero-order chi connectivity index (χ0) is 16.2. The Labute approximate surface area is 132 Å². The number of aliphatic hydroxyl groups excluding tert-OH is 1. The van der Waals surface area contributed by atoms with E-state index in [1.807, 2.05) is 6.92 Å². The number of benzene rings is 2. The van der Waals surface area contributed by atoms with Gasteiger partial charge < -0.3 is 14.3 Å². The molecule has 1 N–H and O–H groups in total. The van der Waals surface area contributed by atoms with Crippen LogP contribution < -0.4 is 10.4 Å². The van der Waals surface area contributed by atoms with Crippen molar-refractivity contribution in [2.24, 2.45) is 0 Å². The number of nitrogens with zero attached hydrogens (tertiary/aromatic N) is 1. The molecular formula is C18H15NO4. The first-order chi connectivity index (χ1) is 11.2. The number of aromatic nitrogens is 1. The first-order valence-corrected chi connectivity index (χ1v) is 7.21. The van der Waals surface area contributed by atoms with Crippen LogP contribution in [0.25, 0.3) is 22.9 Å². The summed E-state index contributed by atoms with van der Waals surface area (Å²) >= 11 is 0. The van der Waals surface area contributed by atoms with Gasteiger partial charge >= 0.3 is 5.63 Å². The lowest BCUT2D eigenvalue weighted by Crippen LogP contribution is -2.06. The van der Waals surface area contributed by atoms with Gasteiger partial charge in [0.1, 0.15) is 17.0 Å². The molecule has 0 saturated heterocycles. The number of aliphatic hydroxyl groups is 1. The molecule has 5 nitrogen and oxygen atoms in total. The molecule has 0 atom stereocenters. The molecule has 3 rings (SSSR count). The van der Waals surface area contributed by atoms with E-state index in [-0.39, 0.29) is 11.5 Å². The summed E-state index contributed by atoms with van der Waals surface area (Å²) in [5, 5.41) is 10.2. The second-order valence-electron chi connectivity index (χ2n) is 4.84. The van der Waals surface area contributed by atoms with Crippen molar-refractivity contribution in [3.63, 3.8) is 0 Å². The third-order valence-corrected chi connectivity index (χ3v) is 3.25. The van der Waals surface area contributed by atoms with Crippen molar-refractivity contribution in [2.45, 2.75) is 6.92 Å². The third-order valence-electron chi connectivity index (χ3n) is 3.25. The van der Waals surface area contributed by atoms with Gasteiger partial charge in [0, 0.05) is 11.6 Å². The number of hydrogen-bond acceptors (Lipinski definition) is 5. The maximum atomic E-state index is 11.9. The number of para-hydroxylation sites is 2. The minimum atomic E-state index is -0.596. The van der Waals surface area contributed by atoms with E-state index >= 15 is 0 Å². The number of hydrogen-bond donors (Lipinski definition) is 1. The lowest BCUT2D eigenvalue weighted by Gasteiger charge is -2.04. The molecule has 2 aromatic carbocycles. The summed E-state index contributed by atoms with van der Waals surface area (Å²) in [5.74, 6) is 0.649. The van der Waals surface area contributed by atoms with Crippen molar-refractivity contribution in [3.8, 4) is 5.75 Å². The SMILES string of the molecule is CCOc1ccc(/C(O)=C/c2nc3ccccc3oc2=O)cc1. The van der Waals surface area contributed by atoms with E-state index in [0.717, 1.165) is 0 Å². The van der Waals surface area contributed by atoms with Gasteiger partial charge in [0.25, 0.3) is 0 Å². The number of ether oxygens (including phenoxy) is 1. The highest BCUT2D eigenvalue weighted by Gasteiger charge is 2.07. The van der Waals surface area contributed by atoms with Crippen LogP contribution in [-0.2, 0) is 0 Å². The molecule has 0 aliphatic heterocycles. The van der Waals surface area contributed by atoms with Gasteiger partial charge in [-0.05, 0) is 43.3 Å². The summed E-state index contributed by atoms with van der Waals surface area (Å²) < 4.78 is 10.5. The van der Waals surface area contributed by atoms with E-state index in [9.17, 15) is 9.90 Å². The third kappa shape index (κ3) is 3.23. The van der Waals surface area contributed by atoms with Gasteiger partial charge in [-0.1, -0.05) is 12.1 Å². The van der Waals surface area contributed by atoms with E-state index in [2.05, 4.69) is 4.98 Å². The van der Waals surface area contributed by atoms with Crippen LogP contribution in [0.4, 0.5) is 0 Å². The summed E-state index contributed by atoms with van der Waals surface area (Å²) in [4.78, 5) is 16.2. The van der Waals surface area contributed by atoms with Gasteiger partial charge in [0.05, 0.1) is 6.61 Å². The molecule has 1 aromatic heterocycles. The molecule has 116 valence electrons. The van der Waals surface area contributed by atoms with E-state index in [4.69, 9.17) is 9.15 Å². The van der Waals surface area contributed by atoms with Gasteiger partial charge in [-0.25, -0.2) is 9.78 Å². The largest absolute Gasteiger partial charge is 0.507 e. The molecule has 0 spiro atoms. The maximum absolute atomic E-state index is 11.9. The van der Waals surface area contributed by atoms with Crippen molar-refractivity contribution < 1.29 is 14.3 Å². The van der Waals surface area contributed by atoms with E-state index in [1.54, 1.807) is 48.5 Å². The summed E-state index contributed by atoms with van der Waals surface area (Å²) in [6.45, 7) is 2.47. The highest BCUT2D eigenvalue weighted by atomic mass is 16.5. The van der Waals surface area contributed by atoms with Crippen LogP contribution in [0.5, 0.6) is 5.75 Å². The predicted molar refractivity (Wildman–Crippen MR) is 88.4 cm³/mol. The minimum absolute atomic E-state index is 0.0510. The molecule has 23 heavy (non-hydrogen) atoms. The standard InChI is InChI=1S/C18H15NO4/c1-2-22-13-9-7-12(8-10-13)16(20)11-15-18(21)23-17-6-4-3-5-14(17)19-15/h3-11,20H,2H2,1H3/b16-11-. The molecule has 0 radical (unpaired) electrons. The molecule has 0 unspecified atom stereocenters. The number of rotatable bonds is 4. The Hall–Kier alpha value is -3.08. The Morgan fingerprint density at radius 2 is 1.96 bits per heavy atom. The zero-order valence-electron chi connectivity index (χ0n) is 12.5. The summed E-state index contributed by atoms with van der Waals surface area (Å²) in [7, 11) is 0. The van der Waals surface area contributed by atoms with Crippen LogP contribution in [0.1, 0.15) is 18.2 Å². The van der Waals surface area contributed by atoms with Gasteiger partial charge in [-0.3, -0.25) is 0 Å². The van der Waals surface area contributed by atoms with Crippen LogP contribution in [0.3, 0.4) is 0 Å². The van der Waals surface area contributed by atoms with Crippen LogP contribution in [0.15, 0.2) is 57.7 Å². The smallest absolute Gasteiger partial charge is 0.362 e. The monoisotopic (exact) mass is 309 g/mol. The summed E-state index contributed by atoms with van der Waals surface area (Å²) in [6, 6.07) is 13.9. The summed E-state index contributed by atoms with van der Waals surface area (Å²) in [5.41, 5.74) is 0.979. The van der Waals surface area contributed by atoms with Crippen molar-refractivity contribution in [2.75, 3.05) is 6.61 Å². The van der Waals surface area contributed by atoms with Crippen molar-refractivity contribution in [3.05, 3.63) is 70.2 Å². The molecular weight excluding hydrogens is 294 g/mol. The van der Waals surface area contributed by atoms with Crippen molar-refractivity contribution in [1.82, 2.24) is 4.98 Å². The average Bonchev–Trinajstić information content (AvgIpc) is 2.56. The fourth-order valence-electron chi connectivity index (χ4n) is 2.16. The second-order valence-corrected chi connectivity index (χ2v) is 4.84. The molecule has 1 heterocycles. The average molecular weight is 309 g/mol. The topological polar surface area (TPSA) is 72.6 Å². The second kappa shape index (κ2) is 6.36. The predicted octanol–water partition coefficient (Wildman–Crippen LogP) is 3.64. The lowest BCUT2D eigenvalue weighted by atomic mass is 10.1. The Balaban J connectivity index is 1.96. The van der Waals surface area contributed by atoms with Crippen molar-refractivity contribution in [1.29, 1.82) is 0 Å². The minimum Gasteiger partial charge on any atom is -0.507 e. The van der Waals surface area contributed by atoms with Gasteiger partial charge in [-0.2, -0.15) is 0 Å². The van der Waals surface area contributed by atoms with Crippen LogP contribution >= 0.6 is 0 Å². The first-order valence-electron chi connectivity index (χ1n) is 7.21. The number of fused-ring (bicyclic) bond motifs is 1. The van der Waals surface area contributed by atoms with Crippen LogP contribution in [0, 0.1) is 0 Å². The van der Waals surface area contributed by atoms with Crippen LogP contribution in [-0.4, -0.2) is 16.7 Å². The molecule has 0 fully saturated rings. The first kappa shape index (κ1) is 14.8. The molecule has 0 saturated carbocycles. The van der Waals surface area contributed by atoms with Crippen LogP contribution in [0.2, 0.25) is 0 Å². The molecule has 0 bridgehead atoms. The van der Waals surface area contributed by atoms with Gasteiger partial charge in [-0.15, -0.1) is 0 Å². The molecule has 3 aromatic rings. The fraction of sp³-hybridized carbons (Fsp3) is 0.111. The van der Waals surface area contributed by atoms with Crippen molar-refractivity contribution >= 4 is 22.9 Å². The zero-order valence-corrected chi connectivity index (χ0v) is 12.5. The normalized spacial score (nSPS) is 11.6. The van der Waals surface area contributed by atoms with E-state index in [1.165, 1.54) is 6.08 Å². The fourth-order valence-corrected chi connectivity index (χ4v) is 2.16. The Morgan fingerprint density at radius 3 is 2.70 bits per heavy atom. The molecule has 0 aliphatic rings. The molecule has 0 aliphatic carbocycles. The molecule has 5 heteroatoms. The van der Waals surface area contributed by atoms with Gasteiger partial charge in [0.15, 0.2) is 11.3 Å². The lowest BCUT2D eigenvalue weighted by molar-refractivity contribution is 0.340. The highest BCUT2D eigenvalue weighted by Crippen LogP contribution is 2.19. The Morgan fingerprint density at radius 1 is 1.22 bits per heavy atom. The van der Waals surface area contributed by atoms with E-state index < -0.39 is 5.63 Å². The Kier molecular flexibility index (Phi) is 4.10. The maximum Gasteiger partial charge on any atom is 0.362 e. The molecule has 0 amide bonds. The van der Waals surface area contributed by atoms with E-state index in [0.29, 0.717) is 29.0 Å². The highest BCUT2D eigenvalue weighted by molar-refractivity contribution is 5.78.